The zero-order chi connectivity index (χ0) is 21.0. The van der Waals surface area contributed by atoms with Crippen molar-refractivity contribution in [3.63, 3.8) is 0 Å². The lowest BCUT2D eigenvalue weighted by Gasteiger charge is -2.25. The van der Waals surface area contributed by atoms with Gasteiger partial charge in [-0.15, -0.1) is 0 Å². The quantitative estimate of drug-likeness (QED) is 0.512. The second-order valence-electron chi connectivity index (χ2n) is 8.00. The second-order valence-corrected chi connectivity index (χ2v) is 10.0. The van der Waals surface area contributed by atoms with E-state index >= 15 is 0 Å². The highest BCUT2D eigenvalue weighted by molar-refractivity contribution is 7.89. The van der Waals surface area contributed by atoms with E-state index in [1.807, 2.05) is 42.5 Å². The number of hydrogen-bond donors (Lipinski definition) is 0. The van der Waals surface area contributed by atoms with Crippen LogP contribution in [0.4, 0.5) is 0 Å². The first kappa shape index (κ1) is 20.8. The molecule has 0 amide bonds. The molecule has 1 fully saturated rings. The van der Waals surface area contributed by atoms with Gasteiger partial charge in [-0.3, -0.25) is 0 Å². The lowest BCUT2D eigenvalue weighted by Crippen LogP contribution is -2.36. The topological polar surface area (TPSA) is 46.6 Å². The van der Waals surface area contributed by atoms with Crippen molar-refractivity contribution in [2.24, 2.45) is 5.92 Å². The second kappa shape index (κ2) is 8.72. The van der Waals surface area contributed by atoms with Gasteiger partial charge < -0.3 is 4.74 Å². The minimum atomic E-state index is -3.53. The van der Waals surface area contributed by atoms with Gasteiger partial charge in [-0.1, -0.05) is 78.9 Å². The van der Waals surface area contributed by atoms with Crippen LogP contribution in [0.25, 0.3) is 0 Å². The van der Waals surface area contributed by atoms with Crippen LogP contribution in [0.15, 0.2) is 95.9 Å². The van der Waals surface area contributed by atoms with Crippen molar-refractivity contribution in [2.75, 3.05) is 20.2 Å². The molecule has 0 spiro atoms. The average Bonchev–Trinajstić information content (AvgIpc) is 3.49. The fourth-order valence-corrected chi connectivity index (χ4v) is 5.42. The Balaban J connectivity index is 1.49. The van der Waals surface area contributed by atoms with Gasteiger partial charge in [0.05, 0.1) is 18.1 Å². The molecule has 0 aliphatic heterocycles. The molecule has 1 aliphatic carbocycles. The molecule has 0 saturated heterocycles. The maximum absolute atomic E-state index is 13.1. The molecule has 0 heterocycles. The summed E-state index contributed by atoms with van der Waals surface area (Å²) in [7, 11) is -1.86. The number of nitrogens with zero attached hydrogens (tertiary/aromatic N) is 1. The molecule has 0 bridgehead atoms. The maximum atomic E-state index is 13.1. The number of sulfonamides is 1. The van der Waals surface area contributed by atoms with Crippen LogP contribution in [0.5, 0.6) is 0 Å². The summed E-state index contributed by atoms with van der Waals surface area (Å²) in [4.78, 5) is 0.327. The minimum absolute atomic E-state index is 0.214. The first-order valence-electron chi connectivity index (χ1n) is 10.2. The smallest absolute Gasteiger partial charge is 0.242 e. The van der Waals surface area contributed by atoms with E-state index in [-0.39, 0.29) is 11.3 Å². The molecule has 2 atom stereocenters. The van der Waals surface area contributed by atoms with Crippen LogP contribution in [-0.4, -0.2) is 32.9 Å². The maximum Gasteiger partial charge on any atom is 0.242 e. The van der Waals surface area contributed by atoms with Gasteiger partial charge in [0, 0.05) is 19.0 Å². The van der Waals surface area contributed by atoms with Crippen LogP contribution in [0, 0.1) is 5.92 Å². The number of ether oxygens (including phenoxy) is 1. The van der Waals surface area contributed by atoms with Crippen LogP contribution in [-0.2, 0) is 26.8 Å². The van der Waals surface area contributed by atoms with E-state index in [0.717, 1.165) is 12.0 Å². The Bertz CT molecular complexity index is 1060. The predicted octanol–water partition coefficient (Wildman–Crippen LogP) is 4.48. The normalized spacial score (nSPS) is 20.9. The summed E-state index contributed by atoms with van der Waals surface area (Å²) in [6.45, 7) is 1.62. The Morgan fingerprint density at radius 1 is 0.900 bits per heavy atom. The molecule has 1 aliphatic rings. The summed E-state index contributed by atoms with van der Waals surface area (Å²) in [5.41, 5.74) is 2.11. The first-order valence-corrected chi connectivity index (χ1v) is 11.6. The molecular weight excluding hydrogens is 394 g/mol. The molecule has 0 aromatic heterocycles. The molecule has 5 heteroatoms. The zero-order valence-corrected chi connectivity index (χ0v) is 18.0. The third-order valence-corrected chi connectivity index (χ3v) is 7.79. The molecule has 3 aromatic carbocycles. The average molecular weight is 422 g/mol. The van der Waals surface area contributed by atoms with Crippen LogP contribution in [0.3, 0.4) is 0 Å². The molecule has 30 heavy (non-hydrogen) atoms. The monoisotopic (exact) mass is 421 g/mol. The van der Waals surface area contributed by atoms with E-state index in [0.29, 0.717) is 24.7 Å². The van der Waals surface area contributed by atoms with E-state index in [9.17, 15) is 8.42 Å². The van der Waals surface area contributed by atoms with Gasteiger partial charge in [0.15, 0.2) is 0 Å². The van der Waals surface area contributed by atoms with Crippen molar-refractivity contribution in [3.8, 4) is 0 Å². The Kier molecular flexibility index (Phi) is 6.04. The Morgan fingerprint density at radius 3 is 2.10 bits per heavy atom. The molecule has 156 valence electrons. The number of rotatable bonds is 9. The molecule has 1 saturated carbocycles. The summed E-state index contributed by atoms with van der Waals surface area (Å²) < 4.78 is 33.6. The standard InChI is InChI=1S/C25H27NO3S/c1-26(30(27,28)24-15-9-4-10-16-24)20-25(22-13-7-3-8-14-22)17-23(25)19-29-18-21-11-5-2-6-12-21/h2-16,23H,17-20H2,1H3/t23-,25-/m0/s1. The van der Waals surface area contributed by atoms with Gasteiger partial charge in [0.2, 0.25) is 10.0 Å². The van der Waals surface area contributed by atoms with E-state index in [1.165, 1.54) is 9.87 Å². The molecule has 0 radical (unpaired) electrons. The fourth-order valence-electron chi connectivity index (χ4n) is 4.16. The summed E-state index contributed by atoms with van der Waals surface area (Å²) in [6, 6.07) is 29.0. The molecule has 0 unspecified atom stereocenters. The van der Waals surface area contributed by atoms with Gasteiger partial charge in [-0.2, -0.15) is 0 Å². The SMILES string of the molecule is CN(C[C@]1(c2ccccc2)C[C@H]1COCc1ccccc1)S(=O)(=O)c1ccccc1. The predicted molar refractivity (Wildman–Crippen MR) is 119 cm³/mol. The highest BCUT2D eigenvalue weighted by atomic mass is 32.2. The summed E-state index contributed by atoms with van der Waals surface area (Å²) in [5, 5.41) is 0. The lowest BCUT2D eigenvalue weighted by molar-refractivity contribution is 0.105. The Hall–Kier alpha value is -2.47. The minimum Gasteiger partial charge on any atom is -0.376 e. The van der Waals surface area contributed by atoms with Gasteiger partial charge in [0.1, 0.15) is 0 Å². The van der Waals surface area contributed by atoms with Crippen LogP contribution in [0.1, 0.15) is 17.5 Å². The number of hydrogen-bond acceptors (Lipinski definition) is 3. The highest BCUT2D eigenvalue weighted by Crippen LogP contribution is 2.55. The zero-order valence-electron chi connectivity index (χ0n) is 17.1. The summed E-state index contributed by atoms with van der Waals surface area (Å²) in [6.07, 6.45) is 0.917. The molecule has 4 rings (SSSR count). The van der Waals surface area contributed by atoms with Gasteiger partial charge in [0.25, 0.3) is 0 Å². The van der Waals surface area contributed by atoms with Crippen molar-refractivity contribution in [1.82, 2.24) is 4.31 Å². The van der Waals surface area contributed by atoms with E-state index < -0.39 is 10.0 Å². The summed E-state index contributed by atoms with van der Waals surface area (Å²) in [5.74, 6) is 0.289. The highest BCUT2D eigenvalue weighted by Gasteiger charge is 2.56. The number of benzene rings is 3. The fraction of sp³-hybridized carbons (Fsp3) is 0.280. The van der Waals surface area contributed by atoms with Gasteiger partial charge in [-0.25, -0.2) is 12.7 Å². The number of likely N-dealkylation sites (N-methyl/N-ethyl adjacent to an activating group) is 1. The van der Waals surface area contributed by atoms with Crippen LogP contribution in [0.2, 0.25) is 0 Å². The van der Waals surface area contributed by atoms with Crippen molar-refractivity contribution < 1.29 is 13.2 Å². The third-order valence-electron chi connectivity index (χ3n) is 5.97. The molecule has 0 N–H and O–H groups in total. The van der Waals surface area contributed by atoms with Crippen LogP contribution >= 0.6 is 0 Å². The Labute approximate surface area is 179 Å². The third kappa shape index (κ3) is 4.33. The van der Waals surface area contributed by atoms with Crippen LogP contribution < -0.4 is 0 Å². The molecular formula is C25H27NO3S. The van der Waals surface area contributed by atoms with Crippen molar-refractivity contribution in [1.29, 1.82) is 0 Å². The lowest BCUT2D eigenvalue weighted by atomic mass is 9.93. The van der Waals surface area contributed by atoms with E-state index in [1.54, 1.807) is 31.3 Å². The molecule has 4 nitrogen and oxygen atoms in total. The van der Waals surface area contributed by atoms with Gasteiger partial charge >= 0.3 is 0 Å². The Morgan fingerprint density at radius 2 is 1.47 bits per heavy atom. The largest absolute Gasteiger partial charge is 0.376 e. The van der Waals surface area contributed by atoms with E-state index in [2.05, 4.69) is 24.3 Å². The van der Waals surface area contributed by atoms with Crippen molar-refractivity contribution in [3.05, 3.63) is 102 Å². The van der Waals surface area contributed by atoms with Crippen molar-refractivity contribution in [2.45, 2.75) is 23.3 Å². The van der Waals surface area contributed by atoms with Crippen molar-refractivity contribution >= 4 is 10.0 Å². The summed E-state index contributed by atoms with van der Waals surface area (Å²) >= 11 is 0. The van der Waals surface area contributed by atoms with E-state index in [4.69, 9.17) is 4.74 Å². The first-order chi connectivity index (χ1) is 14.5. The molecule has 3 aromatic rings. The van der Waals surface area contributed by atoms with Gasteiger partial charge in [-0.05, 0) is 35.6 Å².